The van der Waals surface area contributed by atoms with Crippen molar-refractivity contribution in [3.8, 4) is 0 Å². The zero-order valence-corrected chi connectivity index (χ0v) is 25.8. The molecule has 0 saturated heterocycles. The van der Waals surface area contributed by atoms with Crippen LogP contribution in [0.15, 0.2) is 98.3 Å². The standard InChI is InChI=1S/C33H48N4O3S/c1-5-27(20-28(6-2)40-18-10-15-37(7-3)14-9-16-38)30-11-8-12-31(25(30)4)36-33-24-41-29-19-26(22-34-13-17-39)23-35-32(33)21-29/h5-6,8,12,19-21,23-24,30,32,34,36,38-39H,1,7,9-11,13-18,22H2,2-4H3/b27-20+,28-6+. The zero-order chi connectivity index (χ0) is 29.5. The Labute approximate surface area is 250 Å². The fourth-order valence-electron chi connectivity index (χ4n) is 4.97. The molecule has 0 aromatic rings. The van der Waals surface area contributed by atoms with E-state index < -0.39 is 0 Å². The summed E-state index contributed by atoms with van der Waals surface area (Å²) < 4.78 is 6.15. The van der Waals surface area contributed by atoms with Crippen LogP contribution in [0.4, 0.5) is 0 Å². The van der Waals surface area contributed by atoms with Crippen LogP contribution in [-0.4, -0.2) is 79.9 Å². The SMILES string of the molecule is C=C/C(=C\C(=C/C)OCCCN(CC)CCCO)C1CC=CC(NC2=CSC3=CC2N=CC(CNCCO)=C3)=C1C. The lowest BCUT2D eigenvalue weighted by Gasteiger charge is -2.27. The van der Waals surface area contributed by atoms with E-state index in [2.05, 4.69) is 71.7 Å². The first-order valence-electron chi connectivity index (χ1n) is 14.8. The second kappa shape index (κ2) is 18.0. The molecule has 4 N–H and O–H groups in total. The first-order valence-corrected chi connectivity index (χ1v) is 15.6. The molecule has 224 valence electrons. The summed E-state index contributed by atoms with van der Waals surface area (Å²) in [6.07, 6.45) is 19.4. The summed E-state index contributed by atoms with van der Waals surface area (Å²) in [5.41, 5.74) is 5.68. The van der Waals surface area contributed by atoms with Gasteiger partial charge in [0.05, 0.1) is 18.9 Å². The monoisotopic (exact) mass is 580 g/mol. The molecule has 3 rings (SSSR count). The number of nitrogens with one attached hydrogen (secondary N) is 2. The van der Waals surface area contributed by atoms with E-state index >= 15 is 0 Å². The Bertz CT molecular complexity index is 1130. The first-order chi connectivity index (χ1) is 20.0. The number of allylic oxidation sites excluding steroid dienone is 8. The second-order valence-corrected chi connectivity index (χ2v) is 11.2. The second-order valence-electron chi connectivity index (χ2n) is 10.3. The van der Waals surface area contributed by atoms with Crippen LogP contribution >= 0.6 is 11.8 Å². The van der Waals surface area contributed by atoms with Crippen molar-refractivity contribution in [2.45, 2.75) is 46.1 Å². The number of thioether (sulfide) groups is 1. The van der Waals surface area contributed by atoms with Gasteiger partial charge in [0.1, 0.15) is 11.8 Å². The average Bonchev–Trinajstić information content (AvgIpc) is 3.15. The molecule has 0 aromatic carbocycles. The van der Waals surface area contributed by atoms with Crippen LogP contribution in [-0.2, 0) is 4.74 Å². The highest BCUT2D eigenvalue weighted by molar-refractivity contribution is 8.06. The van der Waals surface area contributed by atoms with Gasteiger partial charge < -0.3 is 30.5 Å². The third kappa shape index (κ3) is 10.3. The van der Waals surface area contributed by atoms with Gasteiger partial charge in [-0.15, -0.1) is 0 Å². The van der Waals surface area contributed by atoms with Gasteiger partial charge in [-0.2, -0.15) is 0 Å². The Morgan fingerprint density at radius 3 is 2.83 bits per heavy atom. The van der Waals surface area contributed by atoms with Crippen molar-refractivity contribution in [1.29, 1.82) is 0 Å². The fraction of sp³-hybridized carbons (Fsp3) is 0.485. The van der Waals surface area contributed by atoms with Gasteiger partial charge in [-0.25, -0.2) is 0 Å². The van der Waals surface area contributed by atoms with Crippen LogP contribution in [0.2, 0.25) is 0 Å². The molecular weight excluding hydrogens is 532 g/mol. The quantitative estimate of drug-likeness (QED) is 0.103. The van der Waals surface area contributed by atoms with Gasteiger partial charge in [0.2, 0.25) is 0 Å². The Kier molecular flexibility index (Phi) is 14.5. The van der Waals surface area contributed by atoms with Crippen molar-refractivity contribution in [1.82, 2.24) is 15.5 Å². The molecule has 0 fully saturated rings. The lowest BCUT2D eigenvalue weighted by Crippen LogP contribution is -2.27. The Morgan fingerprint density at radius 2 is 2.10 bits per heavy atom. The van der Waals surface area contributed by atoms with Gasteiger partial charge in [-0.05, 0) is 92.2 Å². The van der Waals surface area contributed by atoms with Crippen LogP contribution in [0.1, 0.15) is 40.0 Å². The van der Waals surface area contributed by atoms with Crippen molar-refractivity contribution >= 4 is 18.0 Å². The molecule has 0 amide bonds. The van der Waals surface area contributed by atoms with Gasteiger partial charge in [-0.3, -0.25) is 4.99 Å². The molecule has 2 unspecified atom stereocenters. The minimum atomic E-state index is -0.0587. The average molecular weight is 581 g/mol. The third-order valence-corrected chi connectivity index (χ3v) is 8.29. The van der Waals surface area contributed by atoms with Crippen molar-refractivity contribution < 1.29 is 14.9 Å². The minimum Gasteiger partial charge on any atom is -0.494 e. The maximum Gasteiger partial charge on any atom is 0.115 e. The Balaban J connectivity index is 1.63. The third-order valence-electron chi connectivity index (χ3n) is 7.39. The van der Waals surface area contributed by atoms with Gasteiger partial charge >= 0.3 is 0 Å². The molecule has 2 heterocycles. The van der Waals surface area contributed by atoms with Gasteiger partial charge in [-0.1, -0.05) is 37.4 Å². The molecule has 2 atom stereocenters. The molecular formula is C33H48N4O3S. The summed E-state index contributed by atoms with van der Waals surface area (Å²) in [5.74, 6) is 1.07. The number of aliphatic imine (C=N–C) groups is 1. The van der Waals surface area contributed by atoms with Crippen LogP contribution in [0.3, 0.4) is 0 Å². The van der Waals surface area contributed by atoms with Crippen molar-refractivity contribution in [2.24, 2.45) is 10.9 Å². The normalized spacial score (nSPS) is 21.0. The summed E-state index contributed by atoms with van der Waals surface area (Å²) in [4.78, 5) is 8.37. The zero-order valence-electron chi connectivity index (χ0n) is 24.9. The van der Waals surface area contributed by atoms with Crippen LogP contribution in [0.25, 0.3) is 0 Å². The van der Waals surface area contributed by atoms with E-state index in [1.807, 2.05) is 25.3 Å². The van der Waals surface area contributed by atoms with Crippen LogP contribution < -0.4 is 10.6 Å². The predicted octanol–water partition coefficient (Wildman–Crippen LogP) is 4.99. The molecule has 8 heteroatoms. The van der Waals surface area contributed by atoms with Gasteiger partial charge in [0, 0.05) is 55.5 Å². The number of nitrogens with zero attached hydrogens (tertiary/aromatic N) is 2. The first kappa shape index (κ1) is 32.9. The van der Waals surface area contributed by atoms with Crippen molar-refractivity contribution in [3.05, 3.63) is 93.3 Å². The molecule has 0 spiro atoms. The largest absolute Gasteiger partial charge is 0.494 e. The van der Waals surface area contributed by atoms with Gasteiger partial charge in [0.15, 0.2) is 0 Å². The van der Waals surface area contributed by atoms with E-state index in [-0.39, 0.29) is 25.2 Å². The number of aliphatic hydroxyl groups is 2. The molecule has 0 aromatic heterocycles. The molecule has 7 nitrogen and oxygen atoms in total. The predicted molar refractivity (Wildman–Crippen MR) is 174 cm³/mol. The van der Waals surface area contributed by atoms with E-state index in [1.165, 1.54) is 10.5 Å². The number of aliphatic hydroxyl groups excluding tert-OH is 2. The Morgan fingerprint density at radius 1 is 1.27 bits per heavy atom. The summed E-state index contributed by atoms with van der Waals surface area (Å²) in [6.45, 7) is 15.6. The number of hydrogen-bond donors (Lipinski definition) is 4. The Hall–Kier alpha value is -2.62. The number of fused-ring (bicyclic) bond motifs is 1. The maximum atomic E-state index is 9.10. The van der Waals surface area contributed by atoms with E-state index in [0.29, 0.717) is 19.7 Å². The number of hydrogen-bond acceptors (Lipinski definition) is 8. The van der Waals surface area contributed by atoms with Crippen molar-refractivity contribution in [3.63, 3.8) is 0 Å². The van der Waals surface area contributed by atoms with Gasteiger partial charge in [0.25, 0.3) is 0 Å². The summed E-state index contributed by atoms with van der Waals surface area (Å²) in [5, 5.41) is 27.2. The molecule has 41 heavy (non-hydrogen) atoms. The van der Waals surface area contributed by atoms with E-state index in [0.717, 1.165) is 67.2 Å². The lowest BCUT2D eigenvalue weighted by atomic mass is 9.84. The smallest absolute Gasteiger partial charge is 0.115 e. The van der Waals surface area contributed by atoms with E-state index in [9.17, 15) is 0 Å². The van der Waals surface area contributed by atoms with Crippen LogP contribution in [0.5, 0.6) is 0 Å². The topological polar surface area (TPSA) is 89.4 Å². The molecule has 0 saturated carbocycles. The highest BCUT2D eigenvalue weighted by Crippen LogP contribution is 2.35. The highest BCUT2D eigenvalue weighted by Gasteiger charge is 2.23. The maximum absolute atomic E-state index is 9.10. The summed E-state index contributed by atoms with van der Waals surface area (Å²) >= 11 is 1.70. The molecule has 1 aliphatic carbocycles. The minimum absolute atomic E-state index is 0.0587. The lowest BCUT2D eigenvalue weighted by molar-refractivity contribution is 0.183. The number of ether oxygens (including phenoxy) is 1. The molecule has 2 aliphatic heterocycles. The van der Waals surface area contributed by atoms with Crippen molar-refractivity contribution in [2.75, 3.05) is 52.5 Å². The highest BCUT2D eigenvalue weighted by atomic mass is 32.2. The van der Waals surface area contributed by atoms with Crippen LogP contribution in [0, 0.1) is 5.92 Å². The number of rotatable bonds is 18. The summed E-state index contributed by atoms with van der Waals surface area (Å²) in [6, 6.07) is -0.0587. The van der Waals surface area contributed by atoms with E-state index in [4.69, 9.17) is 19.9 Å². The fourth-order valence-corrected chi connectivity index (χ4v) is 5.86. The molecule has 3 aliphatic rings. The molecule has 2 bridgehead atoms. The summed E-state index contributed by atoms with van der Waals surface area (Å²) in [7, 11) is 0. The molecule has 0 radical (unpaired) electrons. The van der Waals surface area contributed by atoms with E-state index in [1.54, 1.807) is 11.8 Å².